The van der Waals surface area contributed by atoms with Crippen LogP contribution in [0.25, 0.3) is 0 Å². The van der Waals surface area contributed by atoms with Crippen LogP contribution in [0.15, 0.2) is 12.3 Å². The molecule has 1 fully saturated rings. The predicted octanol–water partition coefficient (Wildman–Crippen LogP) is 0.425. The van der Waals surface area contributed by atoms with Crippen molar-refractivity contribution in [3.05, 3.63) is 12.3 Å². The Labute approximate surface area is 60.1 Å². The summed E-state index contributed by atoms with van der Waals surface area (Å²) in [6.07, 6.45) is 1.69. The number of hydrogen-bond donors (Lipinski definition) is 1. The molecule has 1 aliphatic heterocycles. The molecule has 0 spiro atoms. The molecule has 1 atom stereocenters. The molecular weight excluding hydrogens is 130 g/mol. The highest BCUT2D eigenvalue weighted by atomic mass is 16.5. The quantitative estimate of drug-likeness (QED) is 0.538. The number of nitrogens with one attached hydrogen (secondary N) is 1. The zero-order chi connectivity index (χ0) is 7.56. The van der Waals surface area contributed by atoms with Crippen LogP contribution in [0.5, 0.6) is 0 Å². The highest BCUT2D eigenvalue weighted by molar-refractivity contribution is 5.76. The van der Waals surface area contributed by atoms with E-state index in [0.717, 1.165) is 18.5 Å². The van der Waals surface area contributed by atoms with Crippen LogP contribution < -0.4 is 5.32 Å². The minimum Gasteiger partial charge on any atom is -0.467 e. The van der Waals surface area contributed by atoms with Gasteiger partial charge in [0, 0.05) is 5.70 Å². The first kappa shape index (κ1) is 7.12. The SMILES string of the molecule is C=C1CCC(C(=O)OC)N1. The minimum absolute atomic E-state index is 0.155. The molecule has 56 valence electrons. The molecule has 1 unspecified atom stereocenters. The average molecular weight is 141 g/mol. The maximum Gasteiger partial charge on any atom is 0.328 e. The topological polar surface area (TPSA) is 38.3 Å². The van der Waals surface area contributed by atoms with Crippen molar-refractivity contribution in [2.75, 3.05) is 7.11 Å². The Bertz CT molecular complexity index is 165. The Balaban J connectivity index is 2.44. The number of carbonyl (C=O) groups is 1. The summed E-state index contributed by atoms with van der Waals surface area (Å²) < 4.78 is 4.54. The van der Waals surface area contributed by atoms with Crippen LogP contribution >= 0.6 is 0 Å². The van der Waals surface area contributed by atoms with E-state index >= 15 is 0 Å². The van der Waals surface area contributed by atoms with Crippen molar-refractivity contribution in [2.24, 2.45) is 0 Å². The zero-order valence-corrected chi connectivity index (χ0v) is 6.02. The fourth-order valence-corrected chi connectivity index (χ4v) is 1.03. The van der Waals surface area contributed by atoms with E-state index in [2.05, 4.69) is 16.6 Å². The number of rotatable bonds is 1. The van der Waals surface area contributed by atoms with Gasteiger partial charge in [-0.2, -0.15) is 0 Å². The van der Waals surface area contributed by atoms with Crippen molar-refractivity contribution in [3.8, 4) is 0 Å². The van der Waals surface area contributed by atoms with Gasteiger partial charge in [-0.1, -0.05) is 6.58 Å². The van der Waals surface area contributed by atoms with Crippen molar-refractivity contribution in [3.63, 3.8) is 0 Å². The molecule has 3 heteroatoms. The summed E-state index contributed by atoms with van der Waals surface area (Å²) in [5, 5.41) is 2.94. The molecule has 1 heterocycles. The van der Waals surface area contributed by atoms with Crippen LogP contribution in [0.4, 0.5) is 0 Å². The Hall–Kier alpha value is -0.990. The summed E-state index contributed by atoms with van der Waals surface area (Å²) in [4.78, 5) is 10.8. The van der Waals surface area contributed by atoms with Gasteiger partial charge in [0.2, 0.25) is 0 Å². The van der Waals surface area contributed by atoms with Gasteiger partial charge in [-0.25, -0.2) is 4.79 Å². The molecule has 0 aliphatic carbocycles. The first-order valence-electron chi connectivity index (χ1n) is 3.26. The smallest absolute Gasteiger partial charge is 0.328 e. The molecule has 0 aromatic heterocycles. The summed E-state index contributed by atoms with van der Waals surface area (Å²) in [5.41, 5.74) is 0.926. The molecule has 0 amide bonds. The number of esters is 1. The summed E-state index contributed by atoms with van der Waals surface area (Å²) in [6.45, 7) is 3.70. The van der Waals surface area contributed by atoms with Gasteiger partial charge in [0.05, 0.1) is 7.11 Å². The average Bonchev–Trinajstić information content (AvgIpc) is 2.34. The second-order valence-electron chi connectivity index (χ2n) is 2.36. The minimum atomic E-state index is -0.196. The van der Waals surface area contributed by atoms with E-state index in [1.165, 1.54) is 7.11 Å². The van der Waals surface area contributed by atoms with Crippen LogP contribution in [-0.2, 0) is 9.53 Å². The van der Waals surface area contributed by atoms with Gasteiger partial charge < -0.3 is 10.1 Å². The Morgan fingerprint density at radius 1 is 1.90 bits per heavy atom. The monoisotopic (exact) mass is 141 g/mol. The van der Waals surface area contributed by atoms with E-state index in [1.54, 1.807) is 0 Å². The lowest BCUT2D eigenvalue weighted by atomic mass is 10.2. The molecule has 0 saturated carbocycles. The number of hydrogen-bond acceptors (Lipinski definition) is 3. The lowest BCUT2D eigenvalue weighted by Gasteiger charge is -2.06. The van der Waals surface area contributed by atoms with Crippen molar-refractivity contribution < 1.29 is 9.53 Å². The summed E-state index contributed by atoms with van der Waals surface area (Å²) >= 11 is 0. The normalized spacial score (nSPS) is 24.1. The Morgan fingerprint density at radius 3 is 3.00 bits per heavy atom. The Kier molecular flexibility index (Phi) is 1.94. The van der Waals surface area contributed by atoms with Gasteiger partial charge in [0.1, 0.15) is 6.04 Å². The van der Waals surface area contributed by atoms with Crippen LogP contribution in [0, 0.1) is 0 Å². The maximum absolute atomic E-state index is 10.8. The standard InChI is InChI=1S/C7H11NO2/c1-5-3-4-6(8-5)7(9)10-2/h6,8H,1,3-4H2,2H3. The lowest BCUT2D eigenvalue weighted by Crippen LogP contribution is -2.30. The molecule has 1 N–H and O–H groups in total. The van der Waals surface area contributed by atoms with Gasteiger partial charge in [0.15, 0.2) is 0 Å². The third kappa shape index (κ3) is 1.29. The van der Waals surface area contributed by atoms with Gasteiger partial charge in [-0.3, -0.25) is 0 Å². The molecule has 1 rings (SSSR count). The van der Waals surface area contributed by atoms with Crippen LogP contribution in [-0.4, -0.2) is 19.1 Å². The fraction of sp³-hybridized carbons (Fsp3) is 0.571. The molecule has 0 bridgehead atoms. The highest BCUT2D eigenvalue weighted by Gasteiger charge is 2.24. The second kappa shape index (κ2) is 2.73. The van der Waals surface area contributed by atoms with Crippen molar-refractivity contribution in [2.45, 2.75) is 18.9 Å². The van der Waals surface area contributed by atoms with Crippen LogP contribution in [0.1, 0.15) is 12.8 Å². The molecule has 1 saturated heterocycles. The van der Waals surface area contributed by atoms with E-state index in [1.807, 2.05) is 0 Å². The molecule has 10 heavy (non-hydrogen) atoms. The molecular formula is C7H11NO2. The van der Waals surface area contributed by atoms with E-state index < -0.39 is 0 Å². The third-order valence-corrected chi connectivity index (χ3v) is 1.60. The number of ether oxygens (including phenoxy) is 1. The summed E-state index contributed by atoms with van der Waals surface area (Å²) in [7, 11) is 1.39. The molecule has 0 radical (unpaired) electrons. The zero-order valence-electron chi connectivity index (χ0n) is 6.02. The summed E-state index contributed by atoms with van der Waals surface area (Å²) in [6, 6.07) is -0.155. The lowest BCUT2D eigenvalue weighted by molar-refractivity contribution is -0.142. The van der Waals surface area contributed by atoms with E-state index in [0.29, 0.717) is 0 Å². The first-order chi connectivity index (χ1) is 4.74. The molecule has 3 nitrogen and oxygen atoms in total. The number of carbonyl (C=O) groups excluding carboxylic acids is 1. The van der Waals surface area contributed by atoms with Gasteiger partial charge in [-0.15, -0.1) is 0 Å². The van der Waals surface area contributed by atoms with Crippen molar-refractivity contribution in [1.29, 1.82) is 0 Å². The third-order valence-electron chi connectivity index (χ3n) is 1.60. The molecule has 0 aromatic carbocycles. The predicted molar refractivity (Wildman–Crippen MR) is 37.3 cm³/mol. The number of allylic oxidation sites excluding steroid dienone is 1. The van der Waals surface area contributed by atoms with E-state index in [-0.39, 0.29) is 12.0 Å². The highest BCUT2D eigenvalue weighted by Crippen LogP contribution is 2.13. The maximum atomic E-state index is 10.8. The van der Waals surface area contributed by atoms with Crippen molar-refractivity contribution in [1.82, 2.24) is 5.32 Å². The second-order valence-corrected chi connectivity index (χ2v) is 2.36. The van der Waals surface area contributed by atoms with E-state index in [9.17, 15) is 4.79 Å². The first-order valence-corrected chi connectivity index (χ1v) is 3.26. The van der Waals surface area contributed by atoms with Crippen LogP contribution in [0.2, 0.25) is 0 Å². The number of methoxy groups -OCH3 is 1. The summed E-state index contributed by atoms with van der Waals surface area (Å²) in [5.74, 6) is -0.196. The van der Waals surface area contributed by atoms with Gasteiger partial charge in [-0.05, 0) is 12.8 Å². The largest absolute Gasteiger partial charge is 0.467 e. The van der Waals surface area contributed by atoms with Gasteiger partial charge in [0.25, 0.3) is 0 Å². The van der Waals surface area contributed by atoms with Gasteiger partial charge >= 0.3 is 5.97 Å². The molecule has 1 aliphatic rings. The van der Waals surface area contributed by atoms with Crippen LogP contribution in [0.3, 0.4) is 0 Å². The van der Waals surface area contributed by atoms with Crippen molar-refractivity contribution >= 4 is 5.97 Å². The molecule has 0 aromatic rings. The fourth-order valence-electron chi connectivity index (χ4n) is 1.03. The van der Waals surface area contributed by atoms with E-state index in [4.69, 9.17) is 0 Å². The Morgan fingerprint density at radius 2 is 2.60 bits per heavy atom.